The Labute approximate surface area is 116 Å². The molecule has 1 aromatic carbocycles. The number of furan rings is 1. The van der Waals surface area contributed by atoms with Gasteiger partial charge in [-0.05, 0) is 39.0 Å². The summed E-state index contributed by atoms with van der Waals surface area (Å²) < 4.78 is 19.0. The maximum atomic E-state index is 13.6. The predicted octanol–water partition coefficient (Wildman–Crippen LogP) is 3.23. The number of benzene rings is 1. The molecule has 1 atom stereocenters. The van der Waals surface area contributed by atoms with Crippen LogP contribution in [-0.4, -0.2) is 11.0 Å². The molecule has 0 aliphatic rings. The van der Waals surface area contributed by atoms with Gasteiger partial charge in [-0.1, -0.05) is 0 Å². The second kappa shape index (κ2) is 5.36. The summed E-state index contributed by atoms with van der Waals surface area (Å²) in [5.41, 5.74) is 0.752. The van der Waals surface area contributed by atoms with Crippen molar-refractivity contribution < 1.29 is 18.7 Å². The van der Waals surface area contributed by atoms with E-state index in [0.29, 0.717) is 0 Å². The van der Waals surface area contributed by atoms with E-state index in [1.165, 1.54) is 12.1 Å². The van der Waals surface area contributed by atoms with Crippen LogP contribution in [0.5, 0.6) is 5.75 Å². The Balaban J connectivity index is 2.17. The van der Waals surface area contributed by atoms with Crippen LogP contribution < -0.4 is 5.32 Å². The second-order valence-corrected chi connectivity index (χ2v) is 4.73. The summed E-state index contributed by atoms with van der Waals surface area (Å²) in [6, 6.07) is 4.98. The van der Waals surface area contributed by atoms with Crippen molar-refractivity contribution in [3.8, 4) is 5.75 Å². The standard InChI is InChI=1S/C15H16FNO3/c1-8-6-13(10(3)20-8)9(2)17-15(19)12-5-4-11(18)7-14(12)16/h4-7,9,18H,1-3H3,(H,17,19). The maximum Gasteiger partial charge on any atom is 0.254 e. The van der Waals surface area contributed by atoms with Crippen LogP contribution in [0.25, 0.3) is 0 Å². The minimum Gasteiger partial charge on any atom is -0.508 e. The monoisotopic (exact) mass is 277 g/mol. The molecule has 0 bridgehead atoms. The van der Waals surface area contributed by atoms with Gasteiger partial charge in [0.05, 0.1) is 11.6 Å². The molecule has 1 heterocycles. The summed E-state index contributed by atoms with van der Waals surface area (Å²) in [5.74, 6) is -0.0210. The number of halogens is 1. The Bertz CT molecular complexity index is 649. The van der Waals surface area contributed by atoms with Gasteiger partial charge < -0.3 is 14.8 Å². The van der Waals surface area contributed by atoms with E-state index < -0.39 is 11.7 Å². The van der Waals surface area contributed by atoms with Gasteiger partial charge in [0.25, 0.3) is 5.91 Å². The molecule has 5 heteroatoms. The fraction of sp³-hybridized carbons (Fsp3) is 0.267. The topological polar surface area (TPSA) is 62.5 Å². The Morgan fingerprint density at radius 3 is 2.60 bits per heavy atom. The molecular formula is C15H16FNO3. The van der Waals surface area contributed by atoms with E-state index in [1.54, 1.807) is 6.92 Å². The van der Waals surface area contributed by atoms with Crippen molar-refractivity contribution >= 4 is 5.91 Å². The van der Waals surface area contributed by atoms with Gasteiger partial charge in [0.2, 0.25) is 0 Å². The van der Waals surface area contributed by atoms with Crippen LogP contribution in [0.1, 0.15) is 40.4 Å². The largest absolute Gasteiger partial charge is 0.508 e. The molecule has 1 amide bonds. The summed E-state index contributed by atoms with van der Waals surface area (Å²) >= 11 is 0. The lowest BCUT2D eigenvalue weighted by atomic mass is 10.1. The number of carbonyl (C=O) groups excluding carboxylic acids is 1. The summed E-state index contributed by atoms with van der Waals surface area (Å²) in [6.45, 7) is 5.43. The molecular weight excluding hydrogens is 261 g/mol. The van der Waals surface area contributed by atoms with E-state index in [0.717, 1.165) is 23.2 Å². The van der Waals surface area contributed by atoms with Gasteiger partial charge in [0.15, 0.2) is 0 Å². The molecule has 0 saturated carbocycles. The molecule has 106 valence electrons. The summed E-state index contributed by atoms with van der Waals surface area (Å²) in [6.07, 6.45) is 0. The van der Waals surface area contributed by atoms with E-state index in [4.69, 9.17) is 9.52 Å². The van der Waals surface area contributed by atoms with E-state index in [9.17, 15) is 9.18 Å². The highest BCUT2D eigenvalue weighted by Crippen LogP contribution is 2.22. The van der Waals surface area contributed by atoms with Crippen LogP contribution >= 0.6 is 0 Å². The average Bonchev–Trinajstić information content (AvgIpc) is 2.68. The van der Waals surface area contributed by atoms with Gasteiger partial charge in [-0.3, -0.25) is 4.79 Å². The van der Waals surface area contributed by atoms with Gasteiger partial charge in [-0.2, -0.15) is 0 Å². The highest BCUT2D eigenvalue weighted by atomic mass is 19.1. The number of hydrogen-bond donors (Lipinski definition) is 2. The van der Waals surface area contributed by atoms with Crippen LogP contribution in [0.4, 0.5) is 4.39 Å². The number of phenolic OH excluding ortho intramolecular Hbond substituents is 1. The fourth-order valence-electron chi connectivity index (χ4n) is 2.12. The zero-order chi connectivity index (χ0) is 14.9. The van der Waals surface area contributed by atoms with Crippen molar-refractivity contribution in [2.45, 2.75) is 26.8 Å². The van der Waals surface area contributed by atoms with Crippen molar-refractivity contribution in [3.05, 3.63) is 52.7 Å². The van der Waals surface area contributed by atoms with Crippen molar-refractivity contribution in [3.63, 3.8) is 0 Å². The Morgan fingerprint density at radius 1 is 1.35 bits per heavy atom. The molecule has 0 saturated heterocycles. The van der Waals surface area contributed by atoms with E-state index in [2.05, 4.69) is 5.32 Å². The van der Waals surface area contributed by atoms with Gasteiger partial charge in [-0.25, -0.2) is 4.39 Å². The van der Waals surface area contributed by atoms with Crippen LogP contribution in [-0.2, 0) is 0 Å². The van der Waals surface area contributed by atoms with Gasteiger partial charge >= 0.3 is 0 Å². The number of aryl methyl sites for hydroxylation is 2. The van der Waals surface area contributed by atoms with Crippen molar-refractivity contribution in [2.75, 3.05) is 0 Å². The molecule has 0 aliphatic heterocycles. The lowest BCUT2D eigenvalue weighted by molar-refractivity contribution is 0.0935. The van der Waals surface area contributed by atoms with E-state index in [1.807, 2.05) is 19.9 Å². The molecule has 0 aliphatic carbocycles. The second-order valence-electron chi connectivity index (χ2n) is 4.73. The molecule has 2 aromatic rings. The van der Waals surface area contributed by atoms with Crippen molar-refractivity contribution in [1.82, 2.24) is 5.32 Å². The van der Waals surface area contributed by atoms with Crippen molar-refractivity contribution in [2.24, 2.45) is 0 Å². The van der Waals surface area contributed by atoms with E-state index in [-0.39, 0.29) is 17.4 Å². The average molecular weight is 277 g/mol. The van der Waals surface area contributed by atoms with Crippen LogP contribution in [0.3, 0.4) is 0 Å². The number of hydrogen-bond acceptors (Lipinski definition) is 3. The minimum atomic E-state index is -0.755. The number of carbonyl (C=O) groups is 1. The van der Waals surface area contributed by atoms with Crippen molar-refractivity contribution in [1.29, 1.82) is 0 Å². The van der Waals surface area contributed by atoms with Crippen LogP contribution in [0.2, 0.25) is 0 Å². The quantitative estimate of drug-likeness (QED) is 0.905. The molecule has 4 nitrogen and oxygen atoms in total. The SMILES string of the molecule is Cc1cc(C(C)NC(=O)c2ccc(O)cc2F)c(C)o1. The van der Waals surface area contributed by atoms with Gasteiger partial charge in [0.1, 0.15) is 23.1 Å². The molecule has 2 rings (SSSR count). The summed E-state index contributed by atoms with van der Waals surface area (Å²) in [4.78, 5) is 12.0. The lowest BCUT2D eigenvalue weighted by Crippen LogP contribution is -2.27. The number of phenols is 1. The zero-order valence-corrected chi connectivity index (χ0v) is 11.5. The summed E-state index contributed by atoms with van der Waals surface area (Å²) in [7, 11) is 0. The first-order valence-corrected chi connectivity index (χ1v) is 6.25. The van der Waals surface area contributed by atoms with E-state index >= 15 is 0 Å². The van der Waals surface area contributed by atoms with Crippen LogP contribution in [0.15, 0.2) is 28.7 Å². The van der Waals surface area contributed by atoms with Gasteiger partial charge in [-0.15, -0.1) is 0 Å². The zero-order valence-electron chi connectivity index (χ0n) is 11.5. The number of nitrogens with one attached hydrogen (secondary N) is 1. The lowest BCUT2D eigenvalue weighted by Gasteiger charge is -2.13. The first-order valence-electron chi connectivity index (χ1n) is 6.25. The number of amides is 1. The molecule has 0 spiro atoms. The minimum absolute atomic E-state index is 0.104. The van der Waals surface area contributed by atoms with Crippen LogP contribution in [0, 0.1) is 19.7 Å². The highest BCUT2D eigenvalue weighted by molar-refractivity contribution is 5.94. The molecule has 1 aromatic heterocycles. The Kier molecular flexibility index (Phi) is 3.79. The molecule has 0 fully saturated rings. The maximum absolute atomic E-state index is 13.6. The first-order chi connectivity index (χ1) is 9.38. The molecule has 1 unspecified atom stereocenters. The number of aromatic hydroxyl groups is 1. The molecule has 2 N–H and O–H groups in total. The third kappa shape index (κ3) is 2.82. The smallest absolute Gasteiger partial charge is 0.254 e. The Morgan fingerprint density at radius 2 is 2.05 bits per heavy atom. The normalized spacial score (nSPS) is 12.2. The third-order valence-electron chi connectivity index (χ3n) is 3.09. The number of rotatable bonds is 3. The first kappa shape index (κ1) is 14.1. The summed E-state index contributed by atoms with van der Waals surface area (Å²) in [5, 5.41) is 11.8. The van der Waals surface area contributed by atoms with Gasteiger partial charge in [0, 0.05) is 11.6 Å². The molecule has 20 heavy (non-hydrogen) atoms. The third-order valence-corrected chi connectivity index (χ3v) is 3.09. The fourth-order valence-corrected chi connectivity index (χ4v) is 2.12. The Hall–Kier alpha value is -2.30. The predicted molar refractivity (Wildman–Crippen MR) is 72.1 cm³/mol. The molecule has 0 radical (unpaired) electrons. The highest BCUT2D eigenvalue weighted by Gasteiger charge is 2.18.